The molecule has 208 valence electrons. The van der Waals surface area contributed by atoms with E-state index < -0.39 is 15.0 Å². The van der Waals surface area contributed by atoms with Crippen LogP contribution in [0.4, 0.5) is 0 Å². The van der Waals surface area contributed by atoms with Gasteiger partial charge in [0, 0.05) is 17.0 Å². The summed E-state index contributed by atoms with van der Waals surface area (Å²) in [6, 6.07) is 36.1. The number of aromatic nitrogens is 4. The van der Waals surface area contributed by atoms with Crippen LogP contribution in [0.25, 0.3) is 44.3 Å². The third-order valence-corrected chi connectivity index (χ3v) is 12.2. The van der Waals surface area contributed by atoms with Gasteiger partial charge in [-0.25, -0.2) is 9.55 Å². The number of hydrogen-bond acceptors (Lipinski definition) is 1. The molecule has 0 saturated carbocycles. The van der Waals surface area contributed by atoms with E-state index in [0.29, 0.717) is 5.52 Å². The molecule has 0 N–H and O–H groups in total. The second-order valence-electron chi connectivity index (χ2n) is 12.8. The van der Waals surface area contributed by atoms with Crippen LogP contribution in [0.5, 0.6) is 0 Å². The van der Waals surface area contributed by atoms with E-state index in [1.54, 1.807) is 6.33 Å². The van der Waals surface area contributed by atoms with Crippen molar-refractivity contribution in [1.82, 2.24) is 14.1 Å². The number of hydrogen-bond donors (Lipinski definition) is 0. The van der Waals surface area contributed by atoms with Crippen molar-refractivity contribution < 1.29 is 8.68 Å². The van der Waals surface area contributed by atoms with Gasteiger partial charge in [0.05, 0.1) is 22.1 Å². The molecule has 0 aliphatic rings. The molecule has 4 nitrogen and oxygen atoms in total. The molecule has 0 unspecified atom stereocenters. The van der Waals surface area contributed by atoms with E-state index in [9.17, 15) is 0 Å². The second kappa shape index (κ2) is 9.53. The second-order valence-corrected chi connectivity index (χ2v) is 17.2. The topological polar surface area (TPSA) is 26.6 Å². The number of aryl methyl sites for hydroxylation is 1. The minimum atomic E-state index is -2.27. The number of para-hydroxylation sites is 3. The highest BCUT2D eigenvalue weighted by Gasteiger charge is 2.29. The molecule has 7 aromatic rings. The third-order valence-electron chi connectivity index (χ3n) is 8.71. The van der Waals surface area contributed by atoms with Crippen LogP contribution in [0.15, 0.2) is 116 Å². The summed E-state index contributed by atoms with van der Waals surface area (Å²) >= 11 is 0. The molecule has 0 bridgehead atoms. The van der Waals surface area contributed by atoms with Gasteiger partial charge in [0.15, 0.2) is 11.0 Å². The van der Waals surface area contributed by atoms with Gasteiger partial charge in [-0.05, 0) is 59.5 Å². The molecule has 0 fully saturated rings. The number of fused-ring (bicyclic) bond motifs is 4. The SMILES string of the molecule is [2H]C([2H])([2H])[n+]1cn(-c2cccc([Si](C)(C)c3ccc4c5ccccc5n(-c5cc(C(C)(C)C)ccn5)c4c3)c2)c2ccccc21. The van der Waals surface area contributed by atoms with Gasteiger partial charge in [-0.15, -0.1) is 0 Å². The third kappa shape index (κ3) is 4.19. The van der Waals surface area contributed by atoms with Crippen molar-refractivity contribution in [2.45, 2.75) is 39.3 Å². The Labute approximate surface area is 252 Å². The number of benzene rings is 4. The lowest BCUT2D eigenvalue weighted by Gasteiger charge is -2.24. The number of rotatable bonds is 4. The van der Waals surface area contributed by atoms with Crippen molar-refractivity contribution in [3.63, 3.8) is 0 Å². The average molecular weight is 569 g/mol. The van der Waals surface area contributed by atoms with E-state index in [1.807, 2.05) is 35.0 Å². The smallest absolute Gasteiger partial charge is 0.249 e. The van der Waals surface area contributed by atoms with E-state index in [-0.39, 0.29) is 5.41 Å². The minimum absolute atomic E-state index is 0.00926. The lowest BCUT2D eigenvalue weighted by molar-refractivity contribution is -0.645. The molecule has 0 spiro atoms. The Hall–Kier alpha value is -4.48. The Morgan fingerprint density at radius 1 is 0.738 bits per heavy atom. The molecule has 0 atom stereocenters. The maximum Gasteiger partial charge on any atom is 0.249 e. The zero-order chi connectivity index (χ0) is 31.7. The first kappa shape index (κ1) is 23.1. The quantitative estimate of drug-likeness (QED) is 0.165. The molecule has 0 saturated heterocycles. The summed E-state index contributed by atoms with van der Waals surface area (Å²) in [5, 5.41) is 5.01. The Kier molecular flexibility index (Phi) is 5.25. The predicted molar refractivity (Wildman–Crippen MR) is 178 cm³/mol. The summed E-state index contributed by atoms with van der Waals surface area (Å²) in [6.45, 7) is 9.20. The summed E-state index contributed by atoms with van der Waals surface area (Å²) in [4.78, 5) is 4.86. The summed E-state index contributed by atoms with van der Waals surface area (Å²) < 4.78 is 30.0. The fraction of sp³-hybridized carbons (Fsp3) is 0.189. The summed E-state index contributed by atoms with van der Waals surface area (Å²) in [5.74, 6) is 0.925. The molecule has 0 aliphatic heterocycles. The molecule has 0 amide bonds. The van der Waals surface area contributed by atoms with Crippen LogP contribution in [0.3, 0.4) is 0 Å². The number of nitrogens with zero attached hydrogens (tertiary/aromatic N) is 4. The van der Waals surface area contributed by atoms with E-state index >= 15 is 0 Å². The first-order valence-electron chi connectivity index (χ1n) is 16.0. The molecular formula is C37H37N4Si+. The standard InChI is InChI=1S/C37H37N4Si/c1-37(2,3)26-20-21-38-36(22-26)41-32-15-8-7-14-30(32)31-19-18-29(24-35(31)41)42(5,6)28-13-11-12-27(23-28)40-25-39(4)33-16-9-10-17-34(33)40/h7-25H,1-6H3/q+1/i4D3. The lowest BCUT2D eigenvalue weighted by atomic mass is 9.88. The van der Waals surface area contributed by atoms with E-state index in [4.69, 9.17) is 9.10 Å². The Morgan fingerprint density at radius 3 is 2.29 bits per heavy atom. The van der Waals surface area contributed by atoms with Gasteiger partial charge in [-0.1, -0.05) is 98.8 Å². The first-order valence-corrected chi connectivity index (χ1v) is 17.5. The van der Waals surface area contributed by atoms with Crippen LogP contribution in [-0.2, 0) is 12.4 Å². The van der Waals surface area contributed by atoms with Crippen molar-refractivity contribution in [2.75, 3.05) is 0 Å². The maximum atomic E-state index is 8.10. The molecule has 7 rings (SSSR count). The normalized spacial score (nSPS) is 13.9. The van der Waals surface area contributed by atoms with Gasteiger partial charge in [0.2, 0.25) is 6.33 Å². The van der Waals surface area contributed by atoms with Crippen molar-refractivity contribution >= 4 is 51.3 Å². The van der Waals surface area contributed by atoms with Gasteiger partial charge < -0.3 is 0 Å². The van der Waals surface area contributed by atoms with Crippen molar-refractivity contribution in [1.29, 1.82) is 0 Å². The molecule has 3 aromatic heterocycles. The Bertz CT molecular complexity index is 2240. The minimum Gasteiger partial charge on any atom is -0.294 e. The van der Waals surface area contributed by atoms with Crippen molar-refractivity contribution in [3.8, 4) is 11.5 Å². The van der Waals surface area contributed by atoms with Crippen LogP contribution in [0.2, 0.25) is 13.1 Å². The molecule has 5 heteroatoms. The highest BCUT2D eigenvalue weighted by atomic mass is 28.3. The Balaban J connectivity index is 1.39. The number of pyridine rings is 1. The zero-order valence-corrected chi connectivity index (χ0v) is 25.8. The fourth-order valence-corrected chi connectivity index (χ4v) is 8.49. The van der Waals surface area contributed by atoms with Crippen LogP contribution in [0, 0.1) is 0 Å². The first-order chi connectivity index (χ1) is 21.3. The largest absolute Gasteiger partial charge is 0.294 e. The van der Waals surface area contributed by atoms with Crippen LogP contribution < -0.4 is 14.9 Å². The summed E-state index contributed by atoms with van der Waals surface area (Å²) in [5.41, 5.74) is 6.05. The molecule has 42 heavy (non-hydrogen) atoms. The highest BCUT2D eigenvalue weighted by molar-refractivity contribution is 7.00. The molecule has 4 aromatic carbocycles. The van der Waals surface area contributed by atoms with Gasteiger partial charge in [-0.2, -0.15) is 4.57 Å². The number of imidazole rings is 1. The van der Waals surface area contributed by atoms with Crippen molar-refractivity contribution in [2.24, 2.45) is 6.98 Å². The molecule has 0 aliphatic carbocycles. The average Bonchev–Trinajstić information content (AvgIpc) is 3.57. The molecular weight excluding hydrogens is 529 g/mol. The van der Waals surface area contributed by atoms with Crippen LogP contribution >= 0.6 is 0 Å². The Morgan fingerprint density at radius 2 is 1.48 bits per heavy atom. The van der Waals surface area contributed by atoms with E-state index in [0.717, 1.165) is 28.1 Å². The molecule has 0 radical (unpaired) electrons. The highest BCUT2D eigenvalue weighted by Crippen LogP contribution is 2.32. The van der Waals surface area contributed by atoms with Crippen LogP contribution in [0.1, 0.15) is 30.4 Å². The fourth-order valence-electron chi connectivity index (χ4n) is 6.14. The lowest BCUT2D eigenvalue weighted by Crippen LogP contribution is -2.52. The monoisotopic (exact) mass is 568 g/mol. The van der Waals surface area contributed by atoms with Gasteiger partial charge in [0.1, 0.15) is 19.6 Å². The van der Waals surface area contributed by atoms with Gasteiger partial charge in [0.25, 0.3) is 0 Å². The summed E-state index contributed by atoms with van der Waals surface area (Å²) in [7, 11) is -2.21. The maximum absolute atomic E-state index is 8.10. The molecule has 3 heterocycles. The summed E-state index contributed by atoms with van der Waals surface area (Å²) in [6.07, 6.45) is 3.62. The predicted octanol–water partition coefficient (Wildman–Crippen LogP) is 7.07. The van der Waals surface area contributed by atoms with E-state index in [2.05, 4.69) is 117 Å². The zero-order valence-electron chi connectivity index (χ0n) is 27.8. The van der Waals surface area contributed by atoms with Gasteiger partial charge >= 0.3 is 0 Å². The van der Waals surface area contributed by atoms with Crippen LogP contribution in [-0.4, -0.2) is 22.2 Å². The van der Waals surface area contributed by atoms with E-state index in [1.165, 1.54) is 31.3 Å². The van der Waals surface area contributed by atoms with Gasteiger partial charge in [-0.3, -0.25) is 4.57 Å². The van der Waals surface area contributed by atoms with Crippen molar-refractivity contribution in [3.05, 3.63) is 121 Å².